The Bertz CT molecular complexity index is 1530. The highest BCUT2D eigenvalue weighted by Crippen LogP contribution is 2.39. The minimum atomic E-state index is -0.558. The molecule has 2 aromatic carbocycles. The van der Waals surface area contributed by atoms with Gasteiger partial charge in [0.1, 0.15) is 5.57 Å². The molecule has 0 bridgehead atoms. The first-order chi connectivity index (χ1) is 17.4. The molecule has 4 aromatic rings. The van der Waals surface area contributed by atoms with E-state index in [9.17, 15) is 14.7 Å². The van der Waals surface area contributed by atoms with Crippen LogP contribution in [0.5, 0.6) is 5.88 Å². The molecule has 2 aromatic heterocycles. The Morgan fingerprint density at radius 1 is 0.944 bits per heavy atom. The Labute approximate surface area is 213 Å². The van der Waals surface area contributed by atoms with Gasteiger partial charge in [0.05, 0.1) is 17.1 Å². The number of anilines is 1. The smallest absolute Gasteiger partial charge is 0.331 e. The minimum absolute atomic E-state index is 0.0411. The van der Waals surface area contributed by atoms with Gasteiger partial charge in [0.15, 0.2) is 12.4 Å². The number of hydrogen-bond acceptors (Lipinski definition) is 4. The van der Waals surface area contributed by atoms with Gasteiger partial charge in [0.2, 0.25) is 0 Å². The van der Waals surface area contributed by atoms with Gasteiger partial charge in [-0.2, -0.15) is 9.67 Å². The van der Waals surface area contributed by atoms with Gasteiger partial charge < -0.3 is 5.11 Å². The molecule has 0 N–H and O–H groups in total. The first-order valence-electron chi connectivity index (χ1n) is 11.6. The standard InChI is InChI=1S/C28H23ClN4O3/c1-3-9-22-23(27(35)33(30-22)21-13-8-11-19(29)17-21)24-25(31-14-5-4-6-15-31)28(36)32(26(24)34)20-12-7-10-18(2)16-20/h4-8,10-17H,3,9H2,1-2H3. The van der Waals surface area contributed by atoms with Crippen molar-refractivity contribution in [1.82, 2.24) is 9.78 Å². The van der Waals surface area contributed by atoms with Crippen molar-refractivity contribution in [3.8, 4) is 11.6 Å². The largest absolute Gasteiger partial charge is 0.858 e. The van der Waals surface area contributed by atoms with Crippen LogP contribution >= 0.6 is 11.6 Å². The fourth-order valence-corrected chi connectivity index (χ4v) is 4.61. The van der Waals surface area contributed by atoms with E-state index in [0.717, 1.165) is 10.5 Å². The van der Waals surface area contributed by atoms with Crippen LogP contribution < -0.4 is 14.6 Å². The van der Waals surface area contributed by atoms with Crippen molar-refractivity contribution in [1.29, 1.82) is 0 Å². The molecule has 8 heteroatoms. The van der Waals surface area contributed by atoms with E-state index in [2.05, 4.69) is 5.10 Å². The van der Waals surface area contributed by atoms with Crippen molar-refractivity contribution in [3.05, 3.63) is 101 Å². The van der Waals surface area contributed by atoms with Crippen LogP contribution in [-0.4, -0.2) is 21.6 Å². The van der Waals surface area contributed by atoms with Crippen molar-refractivity contribution in [2.75, 3.05) is 4.90 Å². The highest BCUT2D eigenvalue weighted by atomic mass is 35.5. The second-order valence-corrected chi connectivity index (χ2v) is 9.00. The van der Waals surface area contributed by atoms with Crippen molar-refractivity contribution >= 4 is 40.4 Å². The zero-order valence-corrected chi connectivity index (χ0v) is 20.6. The summed E-state index contributed by atoms with van der Waals surface area (Å²) in [5.74, 6) is -1.54. The molecule has 0 spiro atoms. The topological polar surface area (TPSA) is 82.1 Å². The summed E-state index contributed by atoms with van der Waals surface area (Å²) in [7, 11) is 0. The molecule has 36 heavy (non-hydrogen) atoms. The maximum Gasteiger partial charge on any atom is 0.331 e. The molecule has 0 unspecified atom stereocenters. The lowest BCUT2D eigenvalue weighted by atomic mass is 10.0. The molecule has 5 rings (SSSR count). The lowest BCUT2D eigenvalue weighted by Gasteiger charge is -2.16. The number of imide groups is 1. The van der Waals surface area contributed by atoms with Crippen LogP contribution in [0.25, 0.3) is 17.0 Å². The average molecular weight is 499 g/mol. The quantitative estimate of drug-likeness (QED) is 0.296. The first kappa shape index (κ1) is 23.5. The van der Waals surface area contributed by atoms with E-state index >= 15 is 0 Å². The van der Waals surface area contributed by atoms with Gasteiger partial charge in [-0.15, -0.1) is 0 Å². The van der Waals surface area contributed by atoms with E-state index in [0.29, 0.717) is 34.9 Å². The predicted molar refractivity (Wildman–Crippen MR) is 135 cm³/mol. The summed E-state index contributed by atoms with van der Waals surface area (Å²) in [6, 6.07) is 19.3. The zero-order valence-electron chi connectivity index (χ0n) is 19.8. The molecular formula is C28H23ClN4O3. The number of carbonyl (C=O) groups excluding carboxylic acids is 2. The van der Waals surface area contributed by atoms with Crippen molar-refractivity contribution in [2.45, 2.75) is 26.7 Å². The lowest BCUT2D eigenvalue weighted by molar-refractivity contribution is -0.576. The van der Waals surface area contributed by atoms with E-state index in [4.69, 9.17) is 11.6 Å². The van der Waals surface area contributed by atoms with Crippen molar-refractivity contribution < 1.29 is 19.3 Å². The predicted octanol–water partition coefficient (Wildman–Crippen LogP) is 4.09. The number of aryl methyl sites for hydroxylation is 2. The number of amides is 2. The van der Waals surface area contributed by atoms with Gasteiger partial charge >= 0.3 is 5.91 Å². The van der Waals surface area contributed by atoms with Crippen LogP contribution in [0.2, 0.25) is 5.02 Å². The highest BCUT2D eigenvalue weighted by molar-refractivity contribution is 6.53. The van der Waals surface area contributed by atoms with Gasteiger partial charge in [-0.1, -0.05) is 49.2 Å². The molecule has 1 aliphatic rings. The third kappa shape index (κ3) is 3.97. The molecule has 0 fully saturated rings. The molecule has 3 heterocycles. The van der Waals surface area contributed by atoms with Gasteiger partial charge in [-0.25, -0.2) is 9.58 Å². The van der Waals surface area contributed by atoms with Crippen LogP contribution in [0.3, 0.4) is 0 Å². The number of aromatic nitrogens is 3. The molecule has 7 nitrogen and oxygen atoms in total. The number of pyridine rings is 1. The molecule has 0 radical (unpaired) electrons. The monoisotopic (exact) mass is 498 g/mol. The van der Waals surface area contributed by atoms with Crippen LogP contribution in [0.15, 0.2) is 79.1 Å². The van der Waals surface area contributed by atoms with E-state index in [1.165, 1.54) is 4.68 Å². The summed E-state index contributed by atoms with van der Waals surface area (Å²) in [5, 5.41) is 18.9. The van der Waals surface area contributed by atoms with E-state index in [1.54, 1.807) is 71.6 Å². The summed E-state index contributed by atoms with van der Waals surface area (Å²) >= 11 is 6.17. The Morgan fingerprint density at radius 2 is 1.67 bits per heavy atom. The number of benzene rings is 2. The molecule has 1 aliphatic heterocycles. The maximum absolute atomic E-state index is 14.0. The van der Waals surface area contributed by atoms with Crippen LogP contribution in [0.4, 0.5) is 5.69 Å². The number of carbonyl (C=O) groups is 2. The molecule has 2 amide bonds. The van der Waals surface area contributed by atoms with E-state index in [-0.39, 0.29) is 16.8 Å². The maximum atomic E-state index is 14.0. The lowest BCUT2D eigenvalue weighted by Crippen LogP contribution is -2.39. The molecular weight excluding hydrogens is 476 g/mol. The van der Waals surface area contributed by atoms with Crippen LogP contribution in [0, 0.1) is 6.92 Å². The van der Waals surface area contributed by atoms with E-state index in [1.807, 2.05) is 26.0 Å². The van der Waals surface area contributed by atoms with Crippen molar-refractivity contribution in [2.24, 2.45) is 0 Å². The SMILES string of the molecule is CCCc1nn(-c2cccc(Cl)c2)c([O-])c1C1=C([n+]2ccccc2)C(=O)N(c2cccc(C)c2)C1=O. The van der Waals surface area contributed by atoms with Gasteiger partial charge in [-0.05, 0) is 55.1 Å². The average Bonchev–Trinajstić information content (AvgIpc) is 3.31. The Hall–Kier alpha value is -4.23. The minimum Gasteiger partial charge on any atom is -0.858 e. The molecule has 0 atom stereocenters. The summed E-state index contributed by atoms with van der Waals surface area (Å²) in [5.41, 5.74) is 2.58. The van der Waals surface area contributed by atoms with Crippen LogP contribution in [0.1, 0.15) is 30.2 Å². The number of rotatable bonds is 6. The third-order valence-electron chi connectivity index (χ3n) is 6.00. The van der Waals surface area contributed by atoms with Gasteiger partial charge in [-0.3, -0.25) is 9.59 Å². The first-order valence-corrected chi connectivity index (χ1v) is 12.0. The molecule has 180 valence electrons. The van der Waals surface area contributed by atoms with E-state index < -0.39 is 17.7 Å². The Balaban J connectivity index is 1.77. The zero-order chi connectivity index (χ0) is 25.4. The second kappa shape index (κ2) is 9.43. The summed E-state index contributed by atoms with van der Waals surface area (Å²) < 4.78 is 2.83. The fraction of sp³-hybridized carbons (Fsp3) is 0.143. The highest BCUT2D eigenvalue weighted by Gasteiger charge is 2.47. The Morgan fingerprint density at radius 3 is 2.36 bits per heavy atom. The number of halogens is 1. The fourth-order valence-electron chi connectivity index (χ4n) is 4.42. The number of hydrogen-bond donors (Lipinski definition) is 0. The van der Waals surface area contributed by atoms with Crippen molar-refractivity contribution in [3.63, 3.8) is 0 Å². The third-order valence-corrected chi connectivity index (χ3v) is 6.23. The van der Waals surface area contributed by atoms with Crippen LogP contribution in [-0.2, 0) is 16.0 Å². The van der Waals surface area contributed by atoms with Gasteiger partial charge in [0.25, 0.3) is 11.6 Å². The normalized spacial score (nSPS) is 13.7. The Kier molecular flexibility index (Phi) is 6.16. The van der Waals surface area contributed by atoms with Gasteiger partial charge in [0, 0.05) is 22.7 Å². The second-order valence-electron chi connectivity index (χ2n) is 8.56. The summed E-state index contributed by atoms with van der Waals surface area (Å²) in [4.78, 5) is 28.9. The summed E-state index contributed by atoms with van der Waals surface area (Å²) in [6.07, 6.45) is 4.53. The number of nitrogens with zero attached hydrogens (tertiary/aromatic N) is 4. The summed E-state index contributed by atoms with van der Waals surface area (Å²) in [6.45, 7) is 3.86. The molecule has 0 saturated carbocycles. The molecule has 0 aliphatic carbocycles. The molecule has 0 saturated heterocycles.